The summed E-state index contributed by atoms with van der Waals surface area (Å²) >= 11 is 3.41. The summed E-state index contributed by atoms with van der Waals surface area (Å²) in [6, 6.07) is 13.7. The molecule has 0 unspecified atom stereocenters. The summed E-state index contributed by atoms with van der Waals surface area (Å²) in [6.07, 6.45) is 2.59. The highest BCUT2D eigenvalue weighted by atomic mass is 79.9. The largest absolute Gasteiger partial charge is 0.481 e. The molecule has 0 amide bonds. The van der Waals surface area contributed by atoms with Crippen LogP contribution in [0.15, 0.2) is 64.1 Å². The predicted molar refractivity (Wildman–Crippen MR) is 99.2 cm³/mol. The first kappa shape index (κ1) is 17.7. The van der Waals surface area contributed by atoms with Gasteiger partial charge in [0.15, 0.2) is 0 Å². The van der Waals surface area contributed by atoms with Gasteiger partial charge in [0.1, 0.15) is 0 Å². The maximum absolute atomic E-state index is 13.0. The molecule has 0 saturated heterocycles. The van der Waals surface area contributed by atoms with Gasteiger partial charge >= 0.3 is 5.97 Å². The molecule has 0 saturated carbocycles. The summed E-state index contributed by atoms with van der Waals surface area (Å²) in [5.41, 5.74) is 1.40. The second-order valence-corrected chi connectivity index (χ2v) is 8.41. The minimum Gasteiger partial charge on any atom is -0.481 e. The van der Waals surface area contributed by atoms with E-state index in [1.165, 1.54) is 3.97 Å². The van der Waals surface area contributed by atoms with E-state index in [9.17, 15) is 13.2 Å². The van der Waals surface area contributed by atoms with E-state index in [-0.39, 0.29) is 11.3 Å². The lowest BCUT2D eigenvalue weighted by molar-refractivity contribution is -0.137. The first-order valence-corrected chi connectivity index (χ1v) is 9.95. The molecule has 0 atom stereocenters. The molecule has 0 aliphatic heterocycles. The Morgan fingerprint density at radius 3 is 2.52 bits per heavy atom. The van der Waals surface area contributed by atoms with Crippen LogP contribution < -0.4 is 0 Å². The van der Waals surface area contributed by atoms with E-state index in [1.54, 1.807) is 48.7 Å². The number of aromatic nitrogens is 1. The first-order valence-electron chi connectivity index (χ1n) is 7.71. The third-order valence-corrected chi connectivity index (χ3v) is 6.13. The van der Waals surface area contributed by atoms with Gasteiger partial charge in [0.25, 0.3) is 10.0 Å². The van der Waals surface area contributed by atoms with E-state index in [2.05, 4.69) is 15.9 Å². The minimum atomic E-state index is -3.71. The number of hydrogen-bond acceptors (Lipinski definition) is 3. The van der Waals surface area contributed by atoms with Crippen molar-refractivity contribution in [3.63, 3.8) is 0 Å². The van der Waals surface area contributed by atoms with Crippen LogP contribution in [0.1, 0.15) is 18.4 Å². The summed E-state index contributed by atoms with van der Waals surface area (Å²) < 4.78 is 28.1. The second kappa shape index (κ2) is 7.01. The molecule has 0 aliphatic carbocycles. The number of halogens is 1. The summed E-state index contributed by atoms with van der Waals surface area (Å²) in [7, 11) is -3.71. The topological polar surface area (TPSA) is 76.4 Å². The van der Waals surface area contributed by atoms with Crippen molar-refractivity contribution >= 4 is 42.8 Å². The van der Waals surface area contributed by atoms with Crippen LogP contribution in [-0.2, 0) is 21.2 Å². The number of carboxylic acid groups (broad SMARTS) is 1. The standard InChI is InChI=1S/C18H16BrNO4S/c19-14-9-10-17-16(11-14)13(5-4-8-18(21)22)12-20(17)25(23,24)15-6-2-1-3-7-15/h1-3,6-7,9-12H,4-5,8H2,(H,21,22). The fourth-order valence-electron chi connectivity index (χ4n) is 2.77. The fourth-order valence-corrected chi connectivity index (χ4v) is 4.55. The summed E-state index contributed by atoms with van der Waals surface area (Å²) in [6.45, 7) is 0. The van der Waals surface area contributed by atoms with Gasteiger partial charge < -0.3 is 5.11 Å². The van der Waals surface area contributed by atoms with E-state index in [4.69, 9.17) is 5.11 Å². The zero-order valence-electron chi connectivity index (χ0n) is 13.2. The van der Waals surface area contributed by atoms with Crippen LogP contribution in [0, 0.1) is 0 Å². The van der Waals surface area contributed by atoms with Gasteiger partial charge in [-0.15, -0.1) is 0 Å². The van der Waals surface area contributed by atoms with E-state index in [0.29, 0.717) is 18.4 Å². The van der Waals surface area contributed by atoms with Crippen molar-refractivity contribution < 1.29 is 18.3 Å². The molecule has 0 bridgehead atoms. The van der Waals surface area contributed by atoms with Crippen molar-refractivity contribution in [2.45, 2.75) is 24.2 Å². The molecule has 0 fully saturated rings. The SMILES string of the molecule is O=C(O)CCCc1cn(S(=O)(=O)c2ccccc2)c2ccc(Br)cc12. The van der Waals surface area contributed by atoms with Gasteiger partial charge in [0.2, 0.25) is 0 Å². The van der Waals surface area contributed by atoms with Crippen molar-refractivity contribution in [1.82, 2.24) is 3.97 Å². The van der Waals surface area contributed by atoms with Crippen LogP contribution in [0.4, 0.5) is 0 Å². The number of nitrogens with zero attached hydrogens (tertiary/aromatic N) is 1. The number of aliphatic carboxylic acids is 1. The zero-order valence-corrected chi connectivity index (χ0v) is 15.6. The molecule has 3 aromatic rings. The summed E-state index contributed by atoms with van der Waals surface area (Å²) in [4.78, 5) is 11.0. The number of fused-ring (bicyclic) bond motifs is 1. The lowest BCUT2D eigenvalue weighted by Gasteiger charge is -2.07. The Morgan fingerprint density at radius 2 is 1.84 bits per heavy atom. The van der Waals surface area contributed by atoms with Crippen LogP contribution >= 0.6 is 15.9 Å². The molecule has 0 spiro atoms. The third kappa shape index (κ3) is 3.62. The van der Waals surface area contributed by atoms with Crippen LogP contribution in [0.5, 0.6) is 0 Å². The average molecular weight is 422 g/mol. The van der Waals surface area contributed by atoms with Crippen LogP contribution in [0.2, 0.25) is 0 Å². The molecule has 1 heterocycles. The van der Waals surface area contributed by atoms with Gasteiger partial charge in [-0.2, -0.15) is 0 Å². The van der Waals surface area contributed by atoms with Gasteiger partial charge in [-0.3, -0.25) is 4.79 Å². The fraction of sp³-hybridized carbons (Fsp3) is 0.167. The minimum absolute atomic E-state index is 0.0477. The maximum Gasteiger partial charge on any atom is 0.303 e. The molecule has 1 N–H and O–H groups in total. The van der Waals surface area contributed by atoms with Gasteiger partial charge in [0, 0.05) is 22.5 Å². The predicted octanol–water partition coefficient (Wildman–Crippen LogP) is 4.05. The Kier molecular flexibility index (Phi) is 4.96. The number of hydrogen-bond donors (Lipinski definition) is 1. The number of aryl methyl sites for hydroxylation is 1. The lowest BCUT2D eigenvalue weighted by atomic mass is 10.1. The van der Waals surface area contributed by atoms with Gasteiger partial charge in [0.05, 0.1) is 10.4 Å². The Labute approximate surface area is 154 Å². The smallest absolute Gasteiger partial charge is 0.303 e. The van der Waals surface area contributed by atoms with Gasteiger partial charge in [-0.05, 0) is 48.7 Å². The van der Waals surface area contributed by atoms with E-state index < -0.39 is 16.0 Å². The molecule has 5 nitrogen and oxygen atoms in total. The van der Waals surface area contributed by atoms with Crippen molar-refractivity contribution in [2.24, 2.45) is 0 Å². The summed E-state index contributed by atoms with van der Waals surface area (Å²) in [5.74, 6) is -0.859. The Hall–Kier alpha value is -2.12. The van der Waals surface area contributed by atoms with Gasteiger partial charge in [-0.25, -0.2) is 12.4 Å². The number of carbonyl (C=O) groups is 1. The molecule has 25 heavy (non-hydrogen) atoms. The normalized spacial score (nSPS) is 11.7. The van der Waals surface area contributed by atoms with E-state index in [0.717, 1.165) is 15.4 Å². The number of carboxylic acids is 1. The second-order valence-electron chi connectivity index (χ2n) is 5.68. The monoisotopic (exact) mass is 421 g/mol. The third-order valence-electron chi connectivity index (χ3n) is 3.95. The molecule has 0 aliphatic rings. The number of benzene rings is 2. The molecular weight excluding hydrogens is 406 g/mol. The quantitative estimate of drug-likeness (QED) is 0.651. The molecular formula is C18H16BrNO4S. The Morgan fingerprint density at radius 1 is 1.12 bits per heavy atom. The Balaban J connectivity index is 2.11. The van der Waals surface area contributed by atoms with Crippen LogP contribution in [-0.4, -0.2) is 23.5 Å². The van der Waals surface area contributed by atoms with Crippen molar-refractivity contribution in [1.29, 1.82) is 0 Å². The van der Waals surface area contributed by atoms with E-state index in [1.807, 2.05) is 6.07 Å². The summed E-state index contributed by atoms with van der Waals surface area (Å²) in [5, 5.41) is 9.63. The molecule has 1 aromatic heterocycles. The highest BCUT2D eigenvalue weighted by Gasteiger charge is 2.21. The first-order chi connectivity index (χ1) is 11.9. The molecule has 130 valence electrons. The maximum atomic E-state index is 13.0. The molecule has 3 rings (SSSR count). The van der Waals surface area contributed by atoms with Crippen molar-refractivity contribution in [3.8, 4) is 0 Å². The van der Waals surface area contributed by atoms with Crippen molar-refractivity contribution in [3.05, 3.63) is 64.8 Å². The Bertz CT molecular complexity index is 1030. The average Bonchev–Trinajstić information content (AvgIpc) is 2.94. The molecule has 7 heteroatoms. The van der Waals surface area contributed by atoms with Crippen molar-refractivity contribution in [2.75, 3.05) is 0 Å². The molecule has 2 aromatic carbocycles. The zero-order chi connectivity index (χ0) is 18.0. The molecule has 0 radical (unpaired) electrons. The highest BCUT2D eigenvalue weighted by Crippen LogP contribution is 2.29. The van der Waals surface area contributed by atoms with Crippen LogP contribution in [0.25, 0.3) is 10.9 Å². The van der Waals surface area contributed by atoms with E-state index >= 15 is 0 Å². The van der Waals surface area contributed by atoms with Gasteiger partial charge in [-0.1, -0.05) is 34.1 Å². The number of rotatable bonds is 6. The highest BCUT2D eigenvalue weighted by molar-refractivity contribution is 9.10. The lowest BCUT2D eigenvalue weighted by Crippen LogP contribution is -2.11. The van der Waals surface area contributed by atoms with Crippen LogP contribution in [0.3, 0.4) is 0 Å².